The highest BCUT2D eigenvalue weighted by Gasteiger charge is 2.38. The van der Waals surface area contributed by atoms with Crippen LogP contribution in [0.3, 0.4) is 0 Å². The van der Waals surface area contributed by atoms with Crippen molar-refractivity contribution in [2.24, 2.45) is 23.5 Å². The predicted octanol–water partition coefficient (Wildman–Crippen LogP) is 1.77. The van der Waals surface area contributed by atoms with Crippen LogP contribution in [0, 0.1) is 17.8 Å². The van der Waals surface area contributed by atoms with Crippen LogP contribution in [-0.4, -0.2) is 6.54 Å². The second kappa shape index (κ2) is 2.54. The van der Waals surface area contributed by atoms with Crippen LogP contribution in [0.5, 0.6) is 0 Å². The average Bonchev–Trinajstić information content (AvgIpc) is 2.69. The second-order valence-electron chi connectivity index (χ2n) is 3.93. The third-order valence-corrected chi connectivity index (χ3v) is 3.25. The molecule has 2 rings (SSSR count). The Morgan fingerprint density at radius 3 is 2.50 bits per heavy atom. The fourth-order valence-electron chi connectivity index (χ4n) is 2.50. The highest BCUT2D eigenvalue weighted by molar-refractivity contribution is 4.89. The van der Waals surface area contributed by atoms with Crippen molar-refractivity contribution in [2.45, 2.75) is 32.1 Å². The van der Waals surface area contributed by atoms with Crippen LogP contribution in [0.4, 0.5) is 0 Å². The maximum Gasteiger partial charge on any atom is -0.00461 e. The molecule has 0 aliphatic heterocycles. The molecule has 2 N–H and O–H groups in total. The molecular formula is C9H17N. The molecule has 0 radical (unpaired) electrons. The summed E-state index contributed by atoms with van der Waals surface area (Å²) in [4.78, 5) is 0. The van der Waals surface area contributed by atoms with Crippen molar-refractivity contribution in [1.82, 2.24) is 0 Å². The van der Waals surface area contributed by atoms with Crippen molar-refractivity contribution in [3.63, 3.8) is 0 Å². The molecule has 0 aromatic carbocycles. The van der Waals surface area contributed by atoms with E-state index in [0.29, 0.717) is 0 Å². The van der Waals surface area contributed by atoms with Crippen molar-refractivity contribution < 1.29 is 0 Å². The fourth-order valence-corrected chi connectivity index (χ4v) is 2.50. The minimum absolute atomic E-state index is 0.896. The van der Waals surface area contributed by atoms with Gasteiger partial charge in [-0.2, -0.15) is 0 Å². The Bertz CT molecular complexity index is 118. The van der Waals surface area contributed by atoms with Gasteiger partial charge in [-0.25, -0.2) is 0 Å². The molecule has 2 fully saturated rings. The molecule has 2 aliphatic carbocycles. The van der Waals surface area contributed by atoms with Gasteiger partial charge in [0.15, 0.2) is 0 Å². The highest BCUT2D eigenvalue weighted by atomic mass is 14.6. The van der Waals surface area contributed by atoms with Gasteiger partial charge in [0, 0.05) is 0 Å². The topological polar surface area (TPSA) is 26.0 Å². The Kier molecular flexibility index (Phi) is 1.69. The molecule has 0 saturated heterocycles. The van der Waals surface area contributed by atoms with Crippen LogP contribution in [0.25, 0.3) is 0 Å². The van der Waals surface area contributed by atoms with E-state index in [1.54, 1.807) is 0 Å². The lowest BCUT2D eigenvalue weighted by molar-refractivity contribution is 0.353. The van der Waals surface area contributed by atoms with Crippen LogP contribution in [-0.2, 0) is 0 Å². The lowest BCUT2D eigenvalue weighted by Crippen LogP contribution is -2.19. The van der Waals surface area contributed by atoms with Crippen LogP contribution >= 0.6 is 0 Å². The zero-order chi connectivity index (χ0) is 6.97. The summed E-state index contributed by atoms with van der Waals surface area (Å²) in [5.41, 5.74) is 5.69. The van der Waals surface area contributed by atoms with Crippen molar-refractivity contribution in [3.05, 3.63) is 0 Å². The Balaban J connectivity index is 1.91. The van der Waals surface area contributed by atoms with Gasteiger partial charge in [0.25, 0.3) is 0 Å². The van der Waals surface area contributed by atoms with Gasteiger partial charge in [0.2, 0.25) is 0 Å². The van der Waals surface area contributed by atoms with Gasteiger partial charge in [-0.1, -0.05) is 6.42 Å². The first-order chi connectivity index (χ1) is 4.92. The van der Waals surface area contributed by atoms with E-state index in [0.717, 1.165) is 24.3 Å². The number of nitrogens with two attached hydrogens (primary N) is 1. The summed E-state index contributed by atoms with van der Waals surface area (Å²) in [6, 6.07) is 0. The Hall–Kier alpha value is -0.0400. The highest BCUT2D eigenvalue weighted by Crippen LogP contribution is 2.47. The van der Waals surface area contributed by atoms with Crippen molar-refractivity contribution in [3.8, 4) is 0 Å². The Morgan fingerprint density at radius 2 is 1.90 bits per heavy atom. The van der Waals surface area contributed by atoms with E-state index in [4.69, 9.17) is 5.73 Å². The van der Waals surface area contributed by atoms with Gasteiger partial charge >= 0.3 is 0 Å². The molecule has 0 bridgehead atoms. The van der Waals surface area contributed by atoms with Crippen molar-refractivity contribution in [2.75, 3.05) is 6.54 Å². The van der Waals surface area contributed by atoms with Crippen LogP contribution < -0.4 is 5.73 Å². The lowest BCUT2D eigenvalue weighted by atomic mass is 9.92. The first-order valence-corrected chi connectivity index (χ1v) is 4.62. The molecule has 10 heavy (non-hydrogen) atoms. The molecular weight excluding hydrogens is 122 g/mol. The van der Waals surface area contributed by atoms with Gasteiger partial charge in [-0.05, 0) is 50.0 Å². The van der Waals surface area contributed by atoms with Crippen LogP contribution in [0.2, 0.25) is 0 Å². The normalized spacial score (nSPS) is 40.5. The maximum atomic E-state index is 5.69. The summed E-state index contributed by atoms with van der Waals surface area (Å²) in [5, 5.41) is 0. The van der Waals surface area contributed by atoms with E-state index in [-0.39, 0.29) is 0 Å². The zero-order valence-corrected chi connectivity index (χ0v) is 6.55. The van der Waals surface area contributed by atoms with Gasteiger partial charge in [0.05, 0.1) is 0 Å². The average molecular weight is 139 g/mol. The minimum atomic E-state index is 0.896. The molecule has 2 saturated carbocycles. The lowest BCUT2D eigenvalue weighted by Gasteiger charge is -2.16. The number of rotatable bonds is 2. The van der Waals surface area contributed by atoms with Crippen molar-refractivity contribution in [1.29, 1.82) is 0 Å². The van der Waals surface area contributed by atoms with Gasteiger partial charge in [-0.3, -0.25) is 0 Å². The van der Waals surface area contributed by atoms with E-state index >= 15 is 0 Å². The molecule has 0 amide bonds. The molecule has 2 aliphatic rings. The van der Waals surface area contributed by atoms with Crippen molar-refractivity contribution >= 4 is 0 Å². The quantitative estimate of drug-likeness (QED) is 0.620. The summed E-state index contributed by atoms with van der Waals surface area (Å²) in [6.07, 6.45) is 7.34. The molecule has 0 aromatic heterocycles. The Labute approximate surface area is 63.0 Å². The molecule has 2 atom stereocenters. The third-order valence-electron chi connectivity index (χ3n) is 3.25. The summed E-state index contributed by atoms with van der Waals surface area (Å²) < 4.78 is 0. The van der Waals surface area contributed by atoms with Crippen LogP contribution in [0.1, 0.15) is 32.1 Å². The SMILES string of the molecule is NC[C@@H]1CCC[C@@H]1C1CC1. The maximum absolute atomic E-state index is 5.69. The molecule has 0 unspecified atom stereocenters. The largest absolute Gasteiger partial charge is 0.330 e. The summed E-state index contributed by atoms with van der Waals surface area (Å²) >= 11 is 0. The zero-order valence-electron chi connectivity index (χ0n) is 6.55. The van der Waals surface area contributed by atoms with E-state index in [2.05, 4.69) is 0 Å². The van der Waals surface area contributed by atoms with Gasteiger partial charge in [0.1, 0.15) is 0 Å². The van der Waals surface area contributed by atoms with Crippen LogP contribution in [0.15, 0.2) is 0 Å². The first-order valence-electron chi connectivity index (χ1n) is 4.62. The number of hydrogen-bond acceptors (Lipinski definition) is 1. The molecule has 0 heterocycles. The summed E-state index contributed by atoms with van der Waals surface area (Å²) in [7, 11) is 0. The smallest absolute Gasteiger partial charge is 0.00461 e. The van der Waals surface area contributed by atoms with E-state index in [9.17, 15) is 0 Å². The molecule has 58 valence electrons. The summed E-state index contributed by atoms with van der Waals surface area (Å²) in [6.45, 7) is 0.946. The van der Waals surface area contributed by atoms with E-state index in [1.165, 1.54) is 32.1 Å². The molecule has 1 nitrogen and oxygen atoms in total. The second-order valence-corrected chi connectivity index (χ2v) is 3.93. The molecule has 0 aromatic rings. The van der Waals surface area contributed by atoms with Gasteiger partial charge in [-0.15, -0.1) is 0 Å². The standard InChI is InChI=1S/C9H17N/c10-6-8-2-1-3-9(8)7-4-5-7/h7-9H,1-6,10H2/t8-,9+/m0/s1. The van der Waals surface area contributed by atoms with E-state index < -0.39 is 0 Å². The third kappa shape index (κ3) is 1.07. The first kappa shape index (κ1) is 6.66. The number of hydrogen-bond donors (Lipinski definition) is 1. The summed E-state index contributed by atoms with van der Waals surface area (Å²) in [5.74, 6) is 3.02. The minimum Gasteiger partial charge on any atom is -0.330 e. The van der Waals surface area contributed by atoms with E-state index in [1.807, 2.05) is 0 Å². The monoisotopic (exact) mass is 139 g/mol. The molecule has 1 heteroatoms. The Morgan fingerprint density at radius 1 is 1.10 bits per heavy atom. The fraction of sp³-hybridized carbons (Fsp3) is 1.00. The predicted molar refractivity (Wildman–Crippen MR) is 42.6 cm³/mol. The molecule has 0 spiro atoms. The van der Waals surface area contributed by atoms with Gasteiger partial charge < -0.3 is 5.73 Å².